The molecule has 2 atom stereocenters. The van der Waals surface area contributed by atoms with Gasteiger partial charge in [-0.1, -0.05) is 37.8 Å². The van der Waals surface area contributed by atoms with Gasteiger partial charge in [0.15, 0.2) is 0 Å². The SMILES string of the molecule is C=C1SC(=C)[C@@H]2CCCC[C@@H]12. The van der Waals surface area contributed by atoms with Crippen LogP contribution >= 0.6 is 11.8 Å². The van der Waals surface area contributed by atoms with E-state index in [4.69, 9.17) is 0 Å². The minimum atomic E-state index is 0.779. The van der Waals surface area contributed by atoms with Gasteiger partial charge in [0, 0.05) is 0 Å². The highest BCUT2D eigenvalue weighted by Crippen LogP contribution is 2.53. The van der Waals surface area contributed by atoms with Crippen LogP contribution in [0.2, 0.25) is 0 Å². The lowest BCUT2D eigenvalue weighted by molar-refractivity contribution is 0.338. The normalized spacial score (nSPS) is 37.5. The topological polar surface area (TPSA) is 0 Å². The zero-order chi connectivity index (χ0) is 7.84. The molecular weight excluding hydrogens is 152 g/mol. The first-order chi connectivity index (χ1) is 5.29. The lowest BCUT2D eigenvalue weighted by Crippen LogP contribution is -2.14. The summed E-state index contributed by atoms with van der Waals surface area (Å²) in [4.78, 5) is 2.75. The molecule has 0 aromatic carbocycles. The zero-order valence-corrected chi connectivity index (χ0v) is 7.62. The Morgan fingerprint density at radius 3 is 1.91 bits per heavy atom. The molecule has 0 amide bonds. The first kappa shape index (κ1) is 7.48. The summed E-state index contributed by atoms with van der Waals surface area (Å²) < 4.78 is 0. The van der Waals surface area contributed by atoms with Crippen LogP contribution < -0.4 is 0 Å². The maximum Gasteiger partial charge on any atom is -0.00306 e. The van der Waals surface area contributed by atoms with Crippen molar-refractivity contribution in [2.45, 2.75) is 25.7 Å². The minimum absolute atomic E-state index is 0.779. The van der Waals surface area contributed by atoms with Gasteiger partial charge < -0.3 is 0 Å². The van der Waals surface area contributed by atoms with Crippen LogP contribution in [0.4, 0.5) is 0 Å². The van der Waals surface area contributed by atoms with E-state index in [-0.39, 0.29) is 0 Å². The molecule has 1 aliphatic carbocycles. The summed E-state index contributed by atoms with van der Waals surface area (Å²) in [5, 5.41) is 0. The second-order valence-corrected chi connectivity index (χ2v) is 4.79. The molecule has 0 aromatic heterocycles. The fraction of sp³-hybridized carbons (Fsp3) is 0.600. The Morgan fingerprint density at radius 2 is 1.45 bits per heavy atom. The van der Waals surface area contributed by atoms with E-state index >= 15 is 0 Å². The summed E-state index contributed by atoms with van der Waals surface area (Å²) in [6, 6.07) is 0. The van der Waals surface area contributed by atoms with Crippen molar-refractivity contribution in [2.24, 2.45) is 11.8 Å². The van der Waals surface area contributed by atoms with Crippen LogP contribution in [0.5, 0.6) is 0 Å². The molecule has 1 saturated heterocycles. The van der Waals surface area contributed by atoms with Crippen LogP contribution in [0.1, 0.15) is 25.7 Å². The molecule has 1 saturated carbocycles. The van der Waals surface area contributed by atoms with Crippen LogP contribution in [0.15, 0.2) is 23.0 Å². The summed E-state index contributed by atoms with van der Waals surface area (Å²) >= 11 is 1.84. The molecule has 0 N–H and O–H groups in total. The van der Waals surface area contributed by atoms with Gasteiger partial charge in [0.25, 0.3) is 0 Å². The molecule has 0 radical (unpaired) electrons. The van der Waals surface area contributed by atoms with Crippen LogP contribution in [0, 0.1) is 11.8 Å². The number of hydrogen-bond acceptors (Lipinski definition) is 1. The second kappa shape index (κ2) is 2.71. The zero-order valence-electron chi connectivity index (χ0n) is 6.81. The van der Waals surface area contributed by atoms with Crippen molar-refractivity contribution in [3.05, 3.63) is 23.0 Å². The molecule has 11 heavy (non-hydrogen) atoms. The van der Waals surface area contributed by atoms with E-state index in [9.17, 15) is 0 Å². The Hall–Kier alpha value is -0.170. The average molecular weight is 166 g/mol. The van der Waals surface area contributed by atoms with Gasteiger partial charge in [0.2, 0.25) is 0 Å². The highest BCUT2D eigenvalue weighted by atomic mass is 32.2. The number of rotatable bonds is 0. The molecule has 0 unspecified atom stereocenters. The molecule has 2 fully saturated rings. The molecule has 0 nitrogen and oxygen atoms in total. The van der Waals surface area contributed by atoms with Gasteiger partial charge in [-0.05, 0) is 34.5 Å². The Balaban J connectivity index is 2.19. The molecule has 0 aromatic rings. The predicted molar refractivity (Wildman–Crippen MR) is 51.3 cm³/mol. The number of thioether (sulfide) groups is 1. The van der Waals surface area contributed by atoms with Gasteiger partial charge >= 0.3 is 0 Å². The lowest BCUT2D eigenvalue weighted by Gasteiger charge is -2.24. The maximum atomic E-state index is 4.09. The summed E-state index contributed by atoms with van der Waals surface area (Å²) in [7, 11) is 0. The third kappa shape index (κ3) is 1.16. The van der Waals surface area contributed by atoms with Crippen molar-refractivity contribution in [3.63, 3.8) is 0 Å². The Kier molecular flexibility index (Phi) is 1.84. The number of allylic oxidation sites excluding steroid dienone is 2. The molecule has 2 rings (SSSR count). The van der Waals surface area contributed by atoms with E-state index in [2.05, 4.69) is 13.2 Å². The van der Waals surface area contributed by atoms with E-state index in [1.807, 2.05) is 11.8 Å². The largest absolute Gasteiger partial charge is 0.0996 e. The Morgan fingerprint density at radius 1 is 1.00 bits per heavy atom. The van der Waals surface area contributed by atoms with E-state index in [0.717, 1.165) is 11.8 Å². The molecule has 1 heteroatoms. The quantitative estimate of drug-likeness (QED) is 0.530. The molecule has 0 spiro atoms. The number of fused-ring (bicyclic) bond motifs is 1. The van der Waals surface area contributed by atoms with Gasteiger partial charge in [0.1, 0.15) is 0 Å². The van der Waals surface area contributed by atoms with Crippen molar-refractivity contribution in [2.75, 3.05) is 0 Å². The summed E-state index contributed by atoms with van der Waals surface area (Å²) in [6.07, 6.45) is 5.51. The molecular formula is C10H14S. The molecule has 60 valence electrons. The molecule has 0 bridgehead atoms. The third-order valence-corrected chi connectivity index (χ3v) is 3.99. The fourth-order valence-electron chi connectivity index (χ4n) is 2.22. The van der Waals surface area contributed by atoms with Crippen molar-refractivity contribution in [1.82, 2.24) is 0 Å². The van der Waals surface area contributed by atoms with Gasteiger partial charge in [0.05, 0.1) is 0 Å². The van der Waals surface area contributed by atoms with Crippen molar-refractivity contribution >= 4 is 11.8 Å². The van der Waals surface area contributed by atoms with Crippen LogP contribution in [0.3, 0.4) is 0 Å². The summed E-state index contributed by atoms with van der Waals surface area (Å²) in [5.74, 6) is 1.56. The standard InChI is InChI=1S/C10H14S/c1-7-9-5-3-4-6-10(9)8(2)11-7/h9-10H,1-6H2/t9-,10-/m0/s1. The molecule has 1 heterocycles. The van der Waals surface area contributed by atoms with Gasteiger partial charge in [-0.3, -0.25) is 0 Å². The molecule has 2 aliphatic rings. The highest BCUT2D eigenvalue weighted by Gasteiger charge is 2.35. The second-order valence-electron chi connectivity index (χ2n) is 3.53. The Bertz CT molecular complexity index is 183. The van der Waals surface area contributed by atoms with Crippen LogP contribution in [-0.2, 0) is 0 Å². The van der Waals surface area contributed by atoms with Crippen LogP contribution in [-0.4, -0.2) is 0 Å². The minimum Gasteiger partial charge on any atom is -0.0996 e. The van der Waals surface area contributed by atoms with Gasteiger partial charge in [-0.25, -0.2) is 0 Å². The fourth-order valence-corrected chi connectivity index (χ4v) is 3.43. The number of hydrogen-bond donors (Lipinski definition) is 0. The molecule has 1 aliphatic heterocycles. The van der Waals surface area contributed by atoms with E-state index in [0.29, 0.717) is 0 Å². The Labute approximate surface area is 72.8 Å². The highest BCUT2D eigenvalue weighted by molar-refractivity contribution is 8.07. The van der Waals surface area contributed by atoms with Crippen molar-refractivity contribution in [3.8, 4) is 0 Å². The average Bonchev–Trinajstić information content (AvgIpc) is 2.30. The summed E-state index contributed by atoms with van der Waals surface area (Å²) in [5.41, 5.74) is 0. The predicted octanol–water partition coefficient (Wildman–Crippen LogP) is 3.57. The van der Waals surface area contributed by atoms with E-state index in [1.54, 1.807) is 0 Å². The third-order valence-electron chi connectivity index (χ3n) is 2.86. The van der Waals surface area contributed by atoms with Crippen molar-refractivity contribution < 1.29 is 0 Å². The van der Waals surface area contributed by atoms with Gasteiger partial charge in [-0.2, -0.15) is 0 Å². The van der Waals surface area contributed by atoms with E-state index < -0.39 is 0 Å². The van der Waals surface area contributed by atoms with Gasteiger partial charge in [-0.15, -0.1) is 0 Å². The maximum absolute atomic E-state index is 4.09. The lowest BCUT2D eigenvalue weighted by atomic mass is 9.79. The summed E-state index contributed by atoms with van der Waals surface area (Å²) in [6.45, 7) is 8.18. The van der Waals surface area contributed by atoms with E-state index in [1.165, 1.54) is 35.5 Å². The smallest absolute Gasteiger partial charge is 0.00306 e. The van der Waals surface area contributed by atoms with Crippen LogP contribution in [0.25, 0.3) is 0 Å². The van der Waals surface area contributed by atoms with Crippen molar-refractivity contribution in [1.29, 1.82) is 0 Å². The first-order valence-electron chi connectivity index (χ1n) is 4.34. The monoisotopic (exact) mass is 166 g/mol. The first-order valence-corrected chi connectivity index (χ1v) is 5.16.